The Balaban J connectivity index is 2.38. The largest absolute Gasteiger partial charge is 0.349 e. The van der Waals surface area contributed by atoms with E-state index in [4.69, 9.17) is 12.2 Å². The summed E-state index contributed by atoms with van der Waals surface area (Å²) in [6, 6.07) is 2.26. The normalized spacial score (nSPS) is 17.4. The van der Waals surface area contributed by atoms with Crippen LogP contribution in [0.25, 0.3) is 6.08 Å². The smallest absolute Gasteiger partial charge is 0.265 e. The van der Waals surface area contributed by atoms with Gasteiger partial charge in [-0.15, -0.1) is 6.58 Å². The van der Waals surface area contributed by atoms with Gasteiger partial charge in [0, 0.05) is 24.5 Å². The Kier molecular flexibility index (Phi) is 4.61. The molecular formula is C16H19N3O2S. The highest BCUT2D eigenvalue weighted by Gasteiger charge is 2.32. The van der Waals surface area contributed by atoms with Crippen LogP contribution in [0.4, 0.5) is 0 Å². The fourth-order valence-electron chi connectivity index (χ4n) is 2.41. The molecule has 0 aromatic carbocycles. The van der Waals surface area contributed by atoms with E-state index in [1.165, 1.54) is 4.90 Å². The lowest BCUT2D eigenvalue weighted by atomic mass is 10.1. The molecule has 0 atom stereocenters. The maximum atomic E-state index is 12.4. The predicted molar refractivity (Wildman–Crippen MR) is 90.2 cm³/mol. The third kappa shape index (κ3) is 3.01. The zero-order valence-electron chi connectivity index (χ0n) is 12.9. The molecule has 22 heavy (non-hydrogen) atoms. The molecule has 0 bridgehead atoms. The van der Waals surface area contributed by atoms with Crippen LogP contribution in [0.3, 0.4) is 0 Å². The molecule has 0 unspecified atom stereocenters. The molecule has 6 heteroatoms. The summed E-state index contributed by atoms with van der Waals surface area (Å²) in [4.78, 5) is 25.8. The number of rotatable bonds is 4. The lowest BCUT2D eigenvalue weighted by molar-refractivity contribution is -0.128. The van der Waals surface area contributed by atoms with Crippen molar-refractivity contribution in [1.82, 2.24) is 14.8 Å². The van der Waals surface area contributed by atoms with Crippen LogP contribution in [-0.2, 0) is 9.59 Å². The van der Waals surface area contributed by atoms with E-state index < -0.39 is 11.8 Å². The van der Waals surface area contributed by atoms with Gasteiger partial charge in [0.2, 0.25) is 0 Å². The van der Waals surface area contributed by atoms with Gasteiger partial charge in [-0.2, -0.15) is 0 Å². The molecule has 116 valence electrons. The van der Waals surface area contributed by atoms with Gasteiger partial charge in [-0.1, -0.05) is 6.08 Å². The second-order valence-corrected chi connectivity index (χ2v) is 5.82. The highest BCUT2D eigenvalue weighted by molar-refractivity contribution is 7.80. The van der Waals surface area contributed by atoms with Gasteiger partial charge in [0.15, 0.2) is 5.11 Å². The average molecular weight is 317 g/mol. The van der Waals surface area contributed by atoms with E-state index in [0.29, 0.717) is 6.04 Å². The molecule has 2 amide bonds. The SMILES string of the molecule is C=CCN1C(=O)/C(=C/c2cc(C)n(C(C)C)c2)C(=O)NC1=S. The molecule has 0 radical (unpaired) electrons. The van der Waals surface area contributed by atoms with Crippen LogP contribution in [0, 0.1) is 6.92 Å². The Morgan fingerprint density at radius 2 is 2.09 bits per heavy atom. The number of thiocarbonyl (C=S) groups is 1. The van der Waals surface area contributed by atoms with Gasteiger partial charge in [-0.25, -0.2) is 0 Å². The van der Waals surface area contributed by atoms with E-state index in [-0.39, 0.29) is 17.2 Å². The first kappa shape index (κ1) is 16.2. The first-order chi connectivity index (χ1) is 10.3. The van der Waals surface area contributed by atoms with Crippen molar-refractivity contribution in [1.29, 1.82) is 0 Å². The highest BCUT2D eigenvalue weighted by atomic mass is 32.1. The molecule has 0 spiro atoms. The van der Waals surface area contributed by atoms with Crippen molar-refractivity contribution < 1.29 is 9.59 Å². The van der Waals surface area contributed by atoms with Crippen LogP contribution in [0.1, 0.15) is 31.1 Å². The average Bonchev–Trinajstić information content (AvgIpc) is 2.80. The number of aryl methyl sites for hydroxylation is 1. The van der Waals surface area contributed by atoms with E-state index >= 15 is 0 Å². The first-order valence-corrected chi connectivity index (χ1v) is 7.44. The van der Waals surface area contributed by atoms with Crippen LogP contribution in [0.2, 0.25) is 0 Å². The standard InChI is InChI=1S/C16H19N3O2S/c1-5-6-18-15(21)13(14(20)17-16(18)22)8-12-7-11(4)19(9-12)10(2)3/h5,7-10H,1,6H2,2-4H3,(H,17,20,22)/b13-8+. The number of carbonyl (C=O) groups is 2. The molecule has 1 N–H and O–H groups in total. The molecular weight excluding hydrogens is 298 g/mol. The van der Waals surface area contributed by atoms with Gasteiger partial charge in [-0.3, -0.25) is 19.8 Å². The Labute approximate surface area is 135 Å². The molecule has 1 aliphatic heterocycles. The van der Waals surface area contributed by atoms with Crippen molar-refractivity contribution in [2.45, 2.75) is 26.8 Å². The van der Waals surface area contributed by atoms with E-state index in [2.05, 4.69) is 30.3 Å². The van der Waals surface area contributed by atoms with E-state index in [1.807, 2.05) is 19.2 Å². The highest BCUT2D eigenvalue weighted by Crippen LogP contribution is 2.19. The molecule has 0 saturated carbocycles. The van der Waals surface area contributed by atoms with E-state index in [0.717, 1.165) is 11.3 Å². The van der Waals surface area contributed by atoms with Gasteiger partial charge >= 0.3 is 0 Å². The van der Waals surface area contributed by atoms with Crippen molar-refractivity contribution >= 4 is 35.2 Å². The molecule has 1 fully saturated rings. The second kappa shape index (κ2) is 6.27. The minimum Gasteiger partial charge on any atom is -0.349 e. The zero-order chi connectivity index (χ0) is 16.4. The van der Waals surface area contributed by atoms with E-state index in [1.54, 1.807) is 12.2 Å². The van der Waals surface area contributed by atoms with Crippen LogP contribution in [-0.4, -0.2) is 32.9 Å². The number of hydrogen-bond acceptors (Lipinski definition) is 3. The van der Waals surface area contributed by atoms with Crippen molar-refractivity contribution in [2.75, 3.05) is 6.54 Å². The molecule has 1 aliphatic rings. The monoisotopic (exact) mass is 317 g/mol. The number of hydrogen-bond donors (Lipinski definition) is 1. The van der Waals surface area contributed by atoms with Crippen molar-refractivity contribution in [3.63, 3.8) is 0 Å². The Morgan fingerprint density at radius 1 is 1.41 bits per heavy atom. The first-order valence-electron chi connectivity index (χ1n) is 7.03. The number of nitrogens with zero attached hydrogens (tertiary/aromatic N) is 2. The summed E-state index contributed by atoms with van der Waals surface area (Å²) in [5.41, 5.74) is 1.97. The fraction of sp³-hybridized carbons (Fsp3) is 0.312. The molecule has 1 aromatic heterocycles. The van der Waals surface area contributed by atoms with Crippen LogP contribution in [0.15, 0.2) is 30.5 Å². The van der Waals surface area contributed by atoms with Crippen molar-refractivity contribution in [2.24, 2.45) is 0 Å². The summed E-state index contributed by atoms with van der Waals surface area (Å²) in [6.07, 6.45) is 5.10. The minimum absolute atomic E-state index is 0.0800. The Bertz CT molecular complexity index is 686. The van der Waals surface area contributed by atoms with Crippen LogP contribution in [0.5, 0.6) is 0 Å². The maximum Gasteiger partial charge on any atom is 0.265 e. The van der Waals surface area contributed by atoms with Gasteiger partial charge in [0.25, 0.3) is 11.8 Å². The Morgan fingerprint density at radius 3 is 2.64 bits per heavy atom. The van der Waals surface area contributed by atoms with Crippen molar-refractivity contribution in [3.05, 3.63) is 41.7 Å². The lowest BCUT2D eigenvalue weighted by Crippen LogP contribution is -2.53. The molecule has 5 nitrogen and oxygen atoms in total. The summed E-state index contributed by atoms with van der Waals surface area (Å²) in [7, 11) is 0. The fourth-order valence-corrected chi connectivity index (χ4v) is 2.66. The number of nitrogens with one attached hydrogen (secondary N) is 1. The maximum absolute atomic E-state index is 12.4. The summed E-state index contributed by atoms with van der Waals surface area (Å²) in [6.45, 7) is 10.0. The van der Waals surface area contributed by atoms with Gasteiger partial charge in [0.05, 0.1) is 0 Å². The zero-order valence-corrected chi connectivity index (χ0v) is 13.7. The quantitative estimate of drug-likeness (QED) is 0.401. The summed E-state index contributed by atoms with van der Waals surface area (Å²) in [5, 5.41) is 2.65. The summed E-state index contributed by atoms with van der Waals surface area (Å²) in [5.74, 6) is -0.867. The second-order valence-electron chi connectivity index (χ2n) is 5.44. The topological polar surface area (TPSA) is 54.3 Å². The number of carbonyl (C=O) groups excluding carboxylic acids is 2. The third-order valence-electron chi connectivity index (χ3n) is 3.44. The number of amides is 2. The molecule has 2 rings (SSSR count). The molecule has 1 saturated heterocycles. The van der Waals surface area contributed by atoms with Gasteiger partial charge in [0.1, 0.15) is 5.57 Å². The van der Waals surface area contributed by atoms with Crippen molar-refractivity contribution in [3.8, 4) is 0 Å². The predicted octanol–water partition coefficient (Wildman–Crippen LogP) is 2.19. The van der Waals surface area contributed by atoms with E-state index in [9.17, 15) is 9.59 Å². The number of aromatic nitrogens is 1. The molecule has 1 aromatic rings. The van der Waals surface area contributed by atoms with Crippen LogP contribution >= 0.6 is 12.2 Å². The molecule has 0 aliphatic carbocycles. The minimum atomic E-state index is -0.467. The Hall–Kier alpha value is -2.21. The summed E-state index contributed by atoms with van der Waals surface area (Å²) < 4.78 is 2.09. The van der Waals surface area contributed by atoms with Crippen LogP contribution < -0.4 is 5.32 Å². The van der Waals surface area contributed by atoms with Gasteiger partial charge < -0.3 is 4.57 Å². The summed E-state index contributed by atoms with van der Waals surface area (Å²) >= 11 is 5.02. The third-order valence-corrected chi connectivity index (χ3v) is 3.76. The molecule has 2 heterocycles. The lowest BCUT2D eigenvalue weighted by Gasteiger charge is -2.27. The van der Waals surface area contributed by atoms with Gasteiger partial charge in [-0.05, 0) is 50.7 Å².